The van der Waals surface area contributed by atoms with E-state index >= 15 is 0 Å². The molecule has 1 aliphatic carbocycles. The quantitative estimate of drug-likeness (QED) is 0.590. The van der Waals surface area contributed by atoms with E-state index in [1.54, 1.807) is 7.05 Å². The lowest BCUT2D eigenvalue weighted by Gasteiger charge is -2.25. The van der Waals surface area contributed by atoms with Crippen LogP contribution in [0.2, 0.25) is 0 Å². The SMILES string of the molecule is CNC(=O)CN1CCOC2CC21. The van der Waals surface area contributed by atoms with E-state index in [4.69, 9.17) is 4.74 Å². The minimum atomic E-state index is 0.0996. The number of nitrogens with zero attached hydrogens (tertiary/aromatic N) is 1. The van der Waals surface area contributed by atoms with Crippen molar-refractivity contribution in [2.24, 2.45) is 0 Å². The number of morpholine rings is 1. The molecule has 0 aromatic carbocycles. The molecule has 0 aromatic heterocycles. The normalized spacial score (nSPS) is 34.1. The minimum absolute atomic E-state index is 0.0996. The monoisotopic (exact) mass is 170 g/mol. The maximum atomic E-state index is 11.1. The molecule has 2 fully saturated rings. The molecule has 1 heterocycles. The number of fused-ring (bicyclic) bond motifs is 1. The van der Waals surface area contributed by atoms with Crippen molar-refractivity contribution in [1.82, 2.24) is 10.2 Å². The Kier molecular flexibility index (Phi) is 2.02. The van der Waals surface area contributed by atoms with Crippen LogP contribution in [0.5, 0.6) is 0 Å². The summed E-state index contributed by atoms with van der Waals surface area (Å²) >= 11 is 0. The Labute approximate surface area is 71.9 Å². The van der Waals surface area contributed by atoms with E-state index in [-0.39, 0.29) is 5.91 Å². The molecule has 1 aliphatic heterocycles. The van der Waals surface area contributed by atoms with Crippen LogP contribution >= 0.6 is 0 Å². The summed E-state index contributed by atoms with van der Waals surface area (Å²) in [6.45, 7) is 2.20. The van der Waals surface area contributed by atoms with E-state index < -0.39 is 0 Å². The van der Waals surface area contributed by atoms with Crippen LogP contribution in [0, 0.1) is 0 Å². The first kappa shape index (κ1) is 8.01. The maximum absolute atomic E-state index is 11.1. The summed E-state index contributed by atoms with van der Waals surface area (Å²) in [4.78, 5) is 13.3. The molecule has 2 aliphatic rings. The second-order valence-corrected chi connectivity index (χ2v) is 3.36. The van der Waals surface area contributed by atoms with E-state index in [1.165, 1.54) is 0 Å². The summed E-state index contributed by atoms with van der Waals surface area (Å²) < 4.78 is 5.42. The molecular weight excluding hydrogens is 156 g/mol. The third-order valence-corrected chi connectivity index (χ3v) is 2.50. The Bertz CT molecular complexity index is 195. The lowest BCUT2D eigenvalue weighted by Crippen LogP contribution is -2.42. The third kappa shape index (κ3) is 1.44. The number of carbonyl (C=O) groups excluding carboxylic acids is 1. The Morgan fingerprint density at radius 2 is 2.58 bits per heavy atom. The first-order valence-electron chi connectivity index (χ1n) is 4.37. The van der Waals surface area contributed by atoms with E-state index in [1.807, 2.05) is 0 Å². The van der Waals surface area contributed by atoms with Crippen molar-refractivity contribution in [2.75, 3.05) is 26.7 Å². The van der Waals surface area contributed by atoms with E-state index in [9.17, 15) is 4.79 Å². The molecule has 2 rings (SSSR count). The fraction of sp³-hybridized carbons (Fsp3) is 0.875. The molecule has 1 saturated heterocycles. The molecule has 4 heteroatoms. The Morgan fingerprint density at radius 1 is 1.75 bits per heavy atom. The summed E-state index contributed by atoms with van der Waals surface area (Å²) in [6, 6.07) is 0.524. The van der Waals surface area contributed by atoms with Gasteiger partial charge in [-0.25, -0.2) is 0 Å². The molecule has 68 valence electrons. The zero-order valence-electron chi connectivity index (χ0n) is 7.25. The summed E-state index contributed by atoms with van der Waals surface area (Å²) in [5, 5.41) is 2.63. The van der Waals surface area contributed by atoms with Crippen LogP contribution in [0.15, 0.2) is 0 Å². The fourth-order valence-corrected chi connectivity index (χ4v) is 1.67. The second-order valence-electron chi connectivity index (χ2n) is 3.36. The minimum Gasteiger partial charge on any atom is -0.375 e. The predicted molar refractivity (Wildman–Crippen MR) is 43.8 cm³/mol. The smallest absolute Gasteiger partial charge is 0.233 e. The van der Waals surface area contributed by atoms with Gasteiger partial charge < -0.3 is 10.1 Å². The van der Waals surface area contributed by atoms with Crippen LogP contribution in [0.4, 0.5) is 0 Å². The number of hydrogen-bond acceptors (Lipinski definition) is 3. The van der Waals surface area contributed by atoms with Gasteiger partial charge in [-0.05, 0) is 6.42 Å². The molecule has 2 atom stereocenters. The van der Waals surface area contributed by atoms with Crippen molar-refractivity contribution < 1.29 is 9.53 Å². The Hall–Kier alpha value is -0.610. The van der Waals surface area contributed by atoms with Gasteiger partial charge in [0, 0.05) is 19.6 Å². The molecule has 1 N–H and O–H groups in total. The van der Waals surface area contributed by atoms with Crippen molar-refractivity contribution in [3.8, 4) is 0 Å². The highest BCUT2D eigenvalue weighted by Crippen LogP contribution is 2.33. The third-order valence-electron chi connectivity index (χ3n) is 2.50. The van der Waals surface area contributed by atoms with Crippen LogP contribution in [0.25, 0.3) is 0 Å². The highest BCUT2D eigenvalue weighted by molar-refractivity contribution is 5.77. The van der Waals surface area contributed by atoms with Gasteiger partial charge >= 0.3 is 0 Å². The highest BCUT2D eigenvalue weighted by atomic mass is 16.5. The standard InChI is InChI=1S/C8H14N2O2/c1-9-8(11)5-10-2-3-12-7-4-6(7)10/h6-7H,2-5H2,1H3,(H,9,11). The van der Waals surface area contributed by atoms with Gasteiger partial charge in [-0.1, -0.05) is 0 Å². The van der Waals surface area contributed by atoms with Crippen molar-refractivity contribution in [1.29, 1.82) is 0 Å². The second kappa shape index (κ2) is 3.03. The molecule has 1 saturated carbocycles. The molecule has 0 spiro atoms. The number of carbonyl (C=O) groups is 1. The summed E-state index contributed by atoms with van der Waals surface area (Å²) in [7, 11) is 1.67. The number of nitrogens with one attached hydrogen (secondary N) is 1. The molecule has 0 aromatic rings. The number of hydrogen-bond donors (Lipinski definition) is 1. The zero-order valence-corrected chi connectivity index (χ0v) is 7.25. The predicted octanol–water partition coefficient (Wildman–Crippen LogP) is -0.794. The van der Waals surface area contributed by atoms with Gasteiger partial charge in [0.1, 0.15) is 0 Å². The first-order valence-corrected chi connectivity index (χ1v) is 4.37. The van der Waals surface area contributed by atoms with Gasteiger partial charge in [0.05, 0.1) is 19.3 Å². The van der Waals surface area contributed by atoms with Crippen molar-refractivity contribution in [3.63, 3.8) is 0 Å². The molecule has 1 amide bonds. The Morgan fingerprint density at radius 3 is 3.33 bits per heavy atom. The van der Waals surface area contributed by atoms with Crippen LogP contribution in [-0.2, 0) is 9.53 Å². The first-order chi connectivity index (χ1) is 5.81. The van der Waals surface area contributed by atoms with Crippen LogP contribution < -0.4 is 5.32 Å². The molecular formula is C8H14N2O2. The van der Waals surface area contributed by atoms with Gasteiger partial charge in [-0.2, -0.15) is 0 Å². The van der Waals surface area contributed by atoms with Crippen LogP contribution in [0.1, 0.15) is 6.42 Å². The topological polar surface area (TPSA) is 41.6 Å². The molecule has 0 bridgehead atoms. The average Bonchev–Trinajstić information content (AvgIpc) is 2.84. The van der Waals surface area contributed by atoms with Crippen LogP contribution in [-0.4, -0.2) is 49.7 Å². The molecule has 0 radical (unpaired) electrons. The summed E-state index contributed by atoms with van der Waals surface area (Å²) in [5.74, 6) is 0.0996. The fourth-order valence-electron chi connectivity index (χ4n) is 1.67. The molecule has 4 nitrogen and oxygen atoms in total. The van der Waals surface area contributed by atoms with Crippen molar-refractivity contribution >= 4 is 5.91 Å². The largest absolute Gasteiger partial charge is 0.375 e. The number of likely N-dealkylation sites (N-methyl/N-ethyl adjacent to an activating group) is 1. The number of ether oxygens (including phenoxy) is 1. The van der Waals surface area contributed by atoms with Crippen molar-refractivity contribution in [2.45, 2.75) is 18.6 Å². The molecule has 12 heavy (non-hydrogen) atoms. The average molecular weight is 170 g/mol. The van der Waals surface area contributed by atoms with Gasteiger partial charge in [-0.15, -0.1) is 0 Å². The maximum Gasteiger partial charge on any atom is 0.233 e. The summed E-state index contributed by atoms with van der Waals surface area (Å²) in [5.41, 5.74) is 0. The summed E-state index contributed by atoms with van der Waals surface area (Å²) in [6.07, 6.45) is 1.53. The van der Waals surface area contributed by atoms with Gasteiger partial charge in [0.2, 0.25) is 5.91 Å². The van der Waals surface area contributed by atoms with Crippen molar-refractivity contribution in [3.05, 3.63) is 0 Å². The Balaban J connectivity index is 1.83. The van der Waals surface area contributed by atoms with Gasteiger partial charge in [0.25, 0.3) is 0 Å². The van der Waals surface area contributed by atoms with E-state index in [0.717, 1.165) is 19.6 Å². The zero-order chi connectivity index (χ0) is 8.55. The number of rotatable bonds is 2. The highest BCUT2D eigenvalue weighted by Gasteiger charge is 2.45. The lowest BCUT2D eigenvalue weighted by molar-refractivity contribution is -0.122. The lowest BCUT2D eigenvalue weighted by atomic mass is 10.4. The van der Waals surface area contributed by atoms with Gasteiger partial charge in [-0.3, -0.25) is 9.69 Å². The van der Waals surface area contributed by atoms with E-state index in [0.29, 0.717) is 18.7 Å². The van der Waals surface area contributed by atoms with Gasteiger partial charge in [0.15, 0.2) is 0 Å². The molecule has 2 unspecified atom stereocenters. The van der Waals surface area contributed by atoms with Crippen LogP contribution in [0.3, 0.4) is 0 Å². The van der Waals surface area contributed by atoms with E-state index in [2.05, 4.69) is 10.2 Å². The number of amides is 1.